The molecule has 0 bridgehead atoms. The highest BCUT2D eigenvalue weighted by Gasteiger charge is 2.15. The Labute approximate surface area is 163 Å². The van der Waals surface area contributed by atoms with Gasteiger partial charge in [0.25, 0.3) is 0 Å². The minimum Gasteiger partial charge on any atom is -0.301 e. The lowest BCUT2D eigenvalue weighted by molar-refractivity contribution is 0.141. The average molecular weight is 369 g/mol. The van der Waals surface area contributed by atoms with Crippen molar-refractivity contribution in [1.29, 1.82) is 0 Å². The topological polar surface area (TPSA) is 6.48 Å². The van der Waals surface area contributed by atoms with E-state index >= 15 is 0 Å². The van der Waals surface area contributed by atoms with Gasteiger partial charge >= 0.3 is 0 Å². The molecule has 26 heavy (non-hydrogen) atoms. The first kappa shape index (κ1) is 19.2. The van der Waals surface area contributed by atoms with Crippen molar-refractivity contribution in [2.45, 2.75) is 19.8 Å². The second-order valence-corrected chi connectivity index (χ2v) is 7.51. The second kappa shape index (κ2) is 9.91. The highest BCUT2D eigenvalue weighted by molar-refractivity contribution is 6.32. The van der Waals surface area contributed by atoms with Crippen LogP contribution < -0.4 is 0 Å². The second-order valence-electron chi connectivity index (χ2n) is 7.10. The van der Waals surface area contributed by atoms with Gasteiger partial charge < -0.3 is 4.90 Å². The summed E-state index contributed by atoms with van der Waals surface area (Å²) in [6, 6.07) is 18.9. The van der Waals surface area contributed by atoms with Gasteiger partial charge in [-0.1, -0.05) is 66.2 Å². The van der Waals surface area contributed by atoms with Crippen molar-refractivity contribution in [3.8, 4) is 0 Å². The van der Waals surface area contributed by atoms with Crippen LogP contribution in [0.2, 0.25) is 5.02 Å². The number of nitrogens with zero attached hydrogens (tertiary/aromatic N) is 2. The van der Waals surface area contributed by atoms with Crippen molar-refractivity contribution >= 4 is 17.2 Å². The zero-order valence-electron chi connectivity index (χ0n) is 15.7. The molecule has 1 aliphatic heterocycles. The van der Waals surface area contributed by atoms with Crippen LogP contribution in [0.1, 0.15) is 24.5 Å². The summed E-state index contributed by atoms with van der Waals surface area (Å²) in [5, 5.41) is 0.837. The van der Waals surface area contributed by atoms with Gasteiger partial charge in [-0.2, -0.15) is 0 Å². The molecule has 3 heteroatoms. The number of halogens is 1. The standard InChI is InChI=1S/C23H29ClN2/c1-20(22-11-5-6-12-23(22)24)13-15-26-18-16-25(17-19-26)14-7-10-21-8-3-2-4-9-21/h2-6,8-9,11-13H,7,10,14-19H2,1H3. The first-order valence-corrected chi connectivity index (χ1v) is 10.0. The van der Waals surface area contributed by atoms with Crippen LogP contribution in [0.4, 0.5) is 0 Å². The van der Waals surface area contributed by atoms with Gasteiger partial charge in [-0.05, 0) is 49.1 Å². The Kier molecular flexibility index (Phi) is 7.31. The van der Waals surface area contributed by atoms with Crippen LogP contribution in [0, 0.1) is 0 Å². The molecule has 1 heterocycles. The SMILES string of the molecule is CC(=CCN1CCN(CCCc2ccccc2)CC1)c1ccccc1Cl. The van der Waals surface area contributed by atoms with E-state index < -0.39 is 0 Å². The van der Waals surface area contributed by atoms with Gasteiger partial charge in [0.05, 0.1) is 0 Å². The summed E-state index contributed by atoms with van der Waals surface area (Å²) in [4.78, 5) is 5.14. The Hall–Kier alpha value is -1.61. The predicted molar refractivity (Wildman–Crippen MR) is 113 cm³/mol. The predicted octanol–water partition coefficient (Wildman–Crippen LogP) is 4.99. The third-order valence-corrected chi connectivity index (χ3v) is 5.53. The molecule has 2 nitrogen and oxygen atoms in total. The lowest BCUT2D eigenvalue weighted by Gasteiger charge is -2.34. The third kappa shape index (κ3) is 5.70. The molecule has 0 spiro atoms. The van der Waals surface area contributed by atoms with Gasteiger partial charge in [-0.25, -0.2) is 0 Å². The average Bonchev–Trinajstić information content (AvgIpc) is 2.68. The van der Waals surface area contributed by atoms with Crippen LogP contribution in [0.5, 0.6) is 0 Å². The number of aryl methyl sites for hydroxylation is 1. The molecule has 2 aromatic carbocycles. The van der Waals surface area contributed by atoms with Crippen LogP contribution >= 0.6 is 11.6 Å². The molecule has 0 aliphatic carbocycles. The van der Waals surface area contributed by atoms with Crippen molar-refractivity contribution in [3.63, 3.8) is 0 Å². The van der Waals surface area contributed by atoms with E-state index in [9.17, 15) is 0 Å². The normalized spacial score (nSPS) is 16.8. The molecule has 0 unspecified atom stereocenters. The Balaban J connectivity index is 1.38. The monoisotopic (exact) mass is 368 g/mol. The summed E-state index contributed by atoms with van der Waals surface area (Å²) in [6.45, 7) is 9.02. The molecule has 0 atom stereocenters. The Morgan fingerprint density at radius 3 is 2.31 bits per heavy atom. The van der Waals surface area contributed by atoms with Gasteiger partial charge in [0.2, 0.25) is 0 Å². The Morgan fingerprint density at radius 1 is 0.923 bits per heavy atom. The number of allylic oxidation sites excluding steroid dienone is 1. The summed E-state index contributed by atoms with van der Waals surface area (Å²) in [5.74, 6) is 0. The number of rotatable bonds is 7. The van der Waals surface area contributed by atoms with Crippen LogP contribution in [0.15, 0.2) is 60.7 Å². The lowest BCUT2D eigenvalue weighted by Crippen LogP contribution is -2.46. The zero-order valence-corrected chi connectivity index (χ0v) is 16.5. The third-order valence-electron chi connectivity index (χ3n) is 5.20. The van der Waals surface area contributed by atoms with Crippen molar-refractivity contribution in [2.75, 3.05) is 39.3 Å². The van der Waals surface area contributed by atoms with E-state index in [4.69, 9.17) is 11.6 Å². The lowest BCUT2D eigenvalue weighted by atomic mass is 10.1. The fourth-order valence-electron chi connectivity index (χ4n) is 3.50. The number of benzene rings is 2. The molecule has 0 amide bonds. The smallest absolute Gasteiger partial charge is 0.0480 e. The van der Waals surface area contributed by atoms with Crippen LogP contribution in [-0.4, -0.2) is 49.1 Å². The summed E-state index contributed by atoms with van der Waals surface area (Å²) in [6.07, 6.45) is 4.74. The molecule has 3 rings (SSSR count). The van der Waals surface area contributed by atoms with E-state index in [0.29, 0.717) is 0 Å². The summed E-state index contributed by atoms with van der Waals surface area (Å²) < 4.78 is 0. The molecule has 2 aromatic rings. The Morgan fingerprint density at radius 2 is 1.58 bits per heavy atom. The maximum Gasteiger partial charge on any atom is 0.0480 e. The van der Waals surface area contributed by atoms with Crippen molar-refractivity contribution in [2.24, 2.45) is 0 Å². The first-order valence-electron chi connectivity index (χ1n) is 9.62. The molecular formula is C23H29ClN2. The highest BCUT2D eigenvalue weighted by atomic mass is 35.5. The fourth-order valence-corrected chi connectivity index (χ4v) is 3.79. The van der Waals surface area contributed by atoms with E-state index in [-0.39, 0.29) is 0 Å². The molecular weight excluding hydrogens is 340 g/mol. The van der Waals surface area contributed by atoms with Crippen molar-refractivity contribution in [1.82, 2.24) is 9.80 Å². The van der Waals surface area contributed by atoms with Gasteiger partial charge in [0, 0.05) is 37.7 Å². The minimum absolute atomic E-state index is 0.837. The molecule has 1 aliphatic rings. The van der Waals surface area contributed by atoms with Crippen LogP contribution in [-0.2, 0) is 6.42 Å². The van der Waals surface area contributed by atoms with Crippen molar-refractivity contribution < 1.29 is 0 Å². The van der Waals surface area contributed by atoms with E-state index in [0.717, 1.165) is 30.2 Å². The molecule has 0 radical (unpaired) electrons. The van der Waals surface area contributed by atoms with Gasteiger partial charge in [0.15, 0.2) is 0 Å². The summed E-state index contributed by atoms with van der Waals surface area (Å²) in [5.41, 5.74) is 3.86. The van der Waals surface area contributed by atoms with Crippen LogP contribution in [0.3, 0.4) is 0 Å². The van der Waals surface area contributed by atoms with Gasteiger partial charge in [-0.3, -0.25) is 4.90 Å². The molecule has 138 valence electrons. The van der Waals surface area contributed by atoms with Gasteiger partial charge in [0.1, 0.15) is 0 Å². The Bertz CT molecular complexity index is 703. The molecule has 0 aromatic heterocycles. The highest BCUT2D eigenvalue weighted by Crippen LogP contribution is 2.23. The quantitative estimate of drug-likeness (QED) is 0.679. The summed E-state index contributed by atoms with van der Waals surface area (Å²) in [7, 11) is 0. The number of hydrogen-bond acceptors (Lipinski definition) is 2. The molecule has 1 fully saturated rings. The van der Waals surface area contributed by atoms with Crippen molar-refractivity contribution in [3.05, 3.63) is 76.8 Å². The largest absolute Gasteiger partial charge is 0.301 e. The molecule has 0 saturated carbocycles. The molecule has 0 N–H and O–H groups in total. The maximum absolute atomic E-state index is 6.29. The first-order chi connectivity index (χ1) is 12.7. The summed E-state index contributed by atoms with van der Waals surface area (Å²) >= 11 is 6.29. The van der Waals surface area contributed by atoms with Gasteiger partial charge in [-0.15, -0.1) is 0 Å². The maximum atomic E-state index is 6.29. The van der Waals surface area contributed by atoms with E-state index in [2.05, 4.69) is 59.2 Å². The van der Waals surface area contributed by atoms with E-state index in [1.165, 1.54) is 43.6 Å². The zero-order chi connectivity index (χ0) is 18.2. The number of piperazine rings is 1. The number of hydrogen-bond donors (Lipinski definition) is 0. The van der Waals surface area contributed by atoms with Crippen LogP contribution in [0.25, 0.3) is 5.57 Å². The molecule has 1 saturated heterocycles. The fraction of sp³-hybridized carbons (Fsp3) is 0.391. The van der Waals surface area contributed by atoms with E-state index in [1.54, 1.807) is 0 Å². The van der Waals surface area contributed by atoms with E-state index in [1.807, 2.05) is 18.2 Å². The minimum atomic E-state index is 0.837.